The van der Waals surface area contributed by atoms with Crippen LogP contribution in [0.3, 0.4) is 0 Å². The number of aromatic nitrogens is 4. The number of nitrogen functional groups attached to an aromatic ring is 1. The number of aromatic amines is 1. The third-order valence-corrected chi connectivity index (χ3v) is 6.44. The number of imidazole rings is 1. The second kappa shape index (κ2) is 8.58. The SMILES string of the molecule is CCC1OC(C)C[C@H]1OP(=O)(O)OCC1OC(n2cnc3c(=O)[nH]c(N)nc32)C[C@H]1O. The van der Waals surface area contributed by atoms with Crippen LogP contribution in [-0.2, 0) is 23.1 Å². The maximum Gasteiger partial charge on any atom is 0.472 e. The monoisotopic (exact) mass is 459 g/mol. The molecule has 2 saturated heterocycles. The van der Waals surface area contributed by atoms with Crippen LogP contribution in [-0.4, -0.2) is 66.6 Å². The molecule has 2 aliphatic heterocycles. The Kier molecular flexibility index (Phi) is 6.19. The molecule has 2 fully saturated rings. The molecule has 4 heterocycles. The number of hydrogen-bond acceptors (Lipinski definition) is 10. The molecule has 2 aliphatic rings. The van der Waals surface area contributed by atoms with Gasteiger partial charge in [-0.3, -0.25) is 23.4 Å². The van der Waals surface area contributed by atoms with E-state index in [1.54, 1.807) is 0 Å². The van der Waals surface area contributed by atoms with Gasteiger partial charge in [0, 0.05) is 12.8 Å². The molecule has 31 heavy (non-hydrogen) atoms. The minimum absolute atomic E-state index is 0.0735. The maximum atomic E-state index is 12.4. The van der Waals surface area contributed by atoms with Crippen molar-refractivity contribution in [1.29, 1.82) is 0 Å². The highest BCUT2D eigenvalue weighted by molar-refractivity contribution is 7.47. The van der Waals surface area contributed by atoms with Gasteiger partial charge in [0.1, 0.15) is 12.3 Å². The zero-order valence-corrected chi connectivity index (χ0v) is 18.0. The first-order valence-electron chi connectivity index (χ1n) is 10.0. The molecule has 0 aliphatic carbocycles. The quantitative estimate of drug-likeness (QED) is 0.421. The fourth-order valence-corrected chi connectivity index (χ4v) is 4.91. The van der Waals surface area contributed by atoms with Crippen LogP contribution < -0.4 is 11.3 Å². The lowest BCUT2D eigenvalue weighted by Gasteiger charge is -2.22. The van der Waals surface area contributed by atoms with Crippen molar-refractivity contribution in [3.05, 3.63) is 16.7 Å². The van der Waals surface area contributed by atoms with Crippen molar-refractivity contribution in [2.24, 2.45) is 0 Å². The van der Waals surface area contributed by atoms with Crippen LogP contribution in [0.5, 0.6) is 0 Å². The Morgan fingerprint density at radius 3 is 2.90 bits per heavy atom. The Morgan fingerprint density at radius 2 is 2.16 bits per heavy atom. The number of nitrogens with one attached hydrogen (secondary N) is 1. The summed E-state index contributed by atoms with van der Waals surface area (Å²) in [5.74, 6) is -0.0772. The van der Waals surface area contributed by atoms with E-state index >= 15 is 0 Å². The fraction of sp³-hybridized carbons (Fsp3) is 0.706. The van der Waals surface area contributed by atoms with Crippen molar-refractivity contribution in [2.45, 2.75) is 69.9 Å². The number of phosphoric acid groups is 1. The van der Waals surface area contributed by atoms with Crippen molar-refractivity contribution in [3.8, 4) is 0 Å². The van der Waals surface area contributed by atoms with Gasteiger partial charge in [0.25, 0.3) is 5.56 Å². The summed E-state index contributed by atoms with van der Waals surface area (Å²) in [7, 11) is -4.39. The Labute approximate surface area is 177 Å². The predicted octanol–water partition coefficient (Wildman–Crippen LogP) is 0.440. The number of anilines is 1. The molecule has 4 rings (SSSR count). The van der Waals surface area contributed by atoms with Gasteiger partial charge in [-0.25, -0.2) is 9.55 Å². The second-order valence-electron chi connectivity index (χ2n) is 7.74. The minimum atomic E-state index is -4.39. The molecular formula is C17H26N5O8P. The van der Waals surface area contributed by atoms with Gasteiger partial charge in [0.05, 0.1) is 37.4 Å². The Balaban J connectivity index is 1.40. The van der Waals surface area contributed by atoms with Gasteiger partial charge in [0.15, 0.2) is 11.2 Å². The zero-order valence-electron chi connectivity index (χ0n) is 17.1. The number of hydrogen-bond donors (Lipinski definition) is 4. The molecule has 7 atom stereocenters. The number of nitrogens with zero attached hydrogens (tertiary/aromatic N) is 3. The lowest BCUT2D eigenvalue weighted by molar-refractivity contribution is -0.0478. The molecule has 0 spiro atoms. The van der Waals surface area contributed by atoms with Gasteiger partial charge >= 0.3 is 7.82 Å². The van der Waals surface area contributed by atoms with Crippen molar-refractivity contribution < 1.29 is 33.1 Å². The molecule has 2 aromatic heterocycles. The molecule has 172 valence electrons. The second-order valence-corrected chi connectivity index (χ2v) is 9.15. The van der Waals surface area contributed by atoms with Gasteiger partial charge < -0.3 is 25.2 Å². The van der Waals surface area contributed by atoms with Gasteiger partial charge in [-0.2, -0.15) is 4.98 Å². The van der Waals surface area contributed by atoms with E-state index in [1.165, 1.54) is 10.9 Å². The average molecular weight is 459 g/mol. The molecular weight excluding hydrogens is 433 g/mol. The molecule has 14 heteroatoms. The fourth-order valence-electron chi connectivity index (χ4n) is 3.95. The Bertz CT molecular complexity index is 1040. The Morgan fingerprint density at radius 1 is 1.39 bits per heavy atom. The largest absolute Gasteiger partial charge is 0.472 e. The molecule has 0 aromatic carbocycles. The predicted molar refractivity (Wildman–Crippen MR) is 107 cm³/mol. The molecule has 0 radical (unpaired) electrons. The summed E-state index contributed by atoms with van der Waals surface area (Å²) in [6.07, 6.45) is -0.881. The summed E-state index contributed by atoms with van der Waals surface area (Å²) < 4.78 is 35.7. The summed E-state index contributed by atoms with van der Waals surface area (Å²) in [4.78, 5) is 32.5. The van der Waals surface area contributed by atoms with Crippen LogP contribution in [0.25, 0.3) is 11.2 Å². The van der Waals surface area contributed by atoms with Gasteiger partial charge in [-0.15, -0.1) is 0 Å². The summed E-state index contributed by atoms with van der Waals surface area (Å²) in [6.45, 7) is 3.41. The van der Waals surface area contributed by atoms with E-state index in [1.807, 2.05) is 13.8 Å². The van der Waals surface area contributed by atoms with Crippen LogP contribution >= 0.6 is 7.82 Å². The van der Waals surface area contributed by atoms with Crippen molar-refractivity contribution in [1.82, 2.24) is 19.5 Å². The molecule has 5 N–H and O–H groups in total. The highest BCUT2D eigenvalue weighted by Gasteiger charge is 2.41. The smallest absolute Gasteiger partial charge is 0.390 e. The highest BCUT2D eigenvalue weighted by atomic mass is 31.2. The molecule has 2 aromatic rings. The first kappa shape index (κ1) is 22.3. The molecule has 0 amide bonds. The third kappa shape index (κ3) is 4.67. The van der Waals surface area contributed by atoms with E-state index in [9.17, 15) is 19.4 Å². The number of fused-ring (bicyclic) bond motifs is 1. The number of rotatable bonds is 7. The van der Waals surface area contributed by atoms with Crippen LogP contribution in [0, 0.1) is 0 Å². The summed E-state index contributed by atoms with van der Waals surface area (Å²) >= 11 is 0. The number of H-pyrrole nitrogens is 1. The standard InChI is InChI=1S/C17H26N5O8P/c1-3-10-11(4-8(2)28-10)30-31(25,26)27-6-12-9(23)5-13(29-12)22-7-19-14-15(22)20-17(18)21-16(14)24/h7-13,23H,3-6H2,1-2H3,(H,25,26)(H3,18,20,21,24)/t8?,9-,10?,11-,12?,13?/m1/s1. The lowest BCUT2D eigenvalue weighted by atomic mass is 10.1. The molecule has 5 unspecified atom stereocenters. The Hall–Kier alpha value is -1.86. The molecule has 0 bridgehead atoms. The van der Waals surface area contributed by atoms with Crippen molar-refractivity contribution in [2.75, 3.05) is 12.3 Å². The maximum absolute atomic E-state index is 12.4. The number of ether oxygens (including phenoxy) is 2. The first-order valence-corrected chi connectivity index (χ1v) is 11.5. The van der Waals surface area contributed by atoms with Gasteiger partial charge in [-0.05, 0) is 13.3 Å². The topological polar surface area (TPSA) is 184 Å². The van der Waals surface area contributed by atoms with Crippen LogP contribution in [0.1, 0.15) is 39.3 Å². The number of aliphatic hydroxyl groups excluding tert-OH is 1. The van der Waals surface area contributed by atoms with E-state index in [0.29, 0.717) is 12.8 Å². The van der Waals surface area contributed by atoms with Crippen LogP contribution in [0.15, 0.2) is 11.1 Å². The first-order chi connectivity index (χ1) is 14.7. The van der Waals surface area contributed by atoms with E-state index in [-0.39, 0.29) is 42.3 Å². The summed E-state index contributed by atoms with van der Waals surface area (Å²) in [6, 6.07) is 0. The highest BCUT2D eigenvalue weighted by Crippen LogP contribution is 2.48. The normalized spacial score (nSPS) is 33.2. The molecule has 13 nitrogen and oxygen atoms in total. The lowest BCUT2D eigenvalue weighted by Crippen LogP contribution is -2.27. The van der Waals surface area contributed by atoms with Crippen molar-refractivity contribution >= 4 is 24.9 Å². The van der Waals surface area contributed by atoms with E-state index in [4.69, 9.17) is 24.3 Å². The summed E-state index contributed by atoms with van der Waals surface area (Å²) in [5, 5.41) is 10.4. The zero-order chi connectivity index (χ0) is 22.3. The number of phosphoric ester groups is 1. The van der Waals surface area contributed by atoms with Crippen LogP contribution in [0.2, 0.25) is 0 Å². The van der Waals surface area contributed by atoms with E-state index in [2.05, 4.69) is 15.0 Å². The third-order valence-electron chi connectivity index (χ3n) is 5.42. The number of aliphatic hydroxyl groups is 1. The van der Waals surface area contributed by atoms with E-state index in [0.717, 1.165) is 0 Å². The van der Waals surface area contributed by atoms with Crippen molar-refractivity contribution in [3.63, 3.8) is 0 Å². The average Bonchev–Trinajstić information content (AvgIpc) is 3.36. The summed E-state index contributed by atoms with van der Waals surface area (Å²) in [5.41, 5.74) is 5.39. The number of nitrogens with two attached hydrogens (primary N) is 1. The van der Waals surface area contributed by atoms with E-state index < -0.39 is 37.9 Å². The minimum Gasteiger partial charge on any atom is -0.390 e. The van der Waals surface area contributed by atoms with Gasteiger partial charge in [-0.1, -0.05) is 6.92 Å². The van der Waals surface area contributed by atoms with Crippen LogP contribution in [0.4, 0.5) is 5.95 Å². The van der Waals surface area contributed by atoms with Gasteiger partial charge in [0.2, 0.25) is 5.95 Å². The molecule has 0 saturated carbocycles.